The van der Waals surface area contributed by atoms with Crippen molar-refractivity contribution in [2.24, 2.45) is 0 Å². The maximum atomic E-state index is 13.1. The highest BCUT2D eigenvalue weighted by Crippen LogP contribution is 2.20. The second kappa shape index (κ2) is 10.7. The highest BCUT2D eigenvalue weighted by atomic mass is 35.5. The van der Waals surface area contributed by atoms with Crippen molar-refractivity contribution in [3.8, 4) is 17.3 Å². The molecule has 0 saturated carbocycles. The lowest BCUT2D eigenvalue weighted by Gasteiger charge is -2.35. The van der Waals surface area contributed by atoms with Crippen LogP contribution in [0.5, 0.6) is 0 Å². The second-order valence-corrected chi connectivity index (χ2v) is 9.08. The van der Waals surface area contributed by atoms with Crippen LogP contribution >= 0.6 is 11.6 Å². The van der Waals surface area contributed by atoms with Gasteiger partial charge in [0, 0.05) is 41.0 Å². The van der Waals surface area contributed by atoms with Gasteiger partial charge in [-0.3, -0.25) is 14.4 Å². The van der Waals surface area contributed by atoms with Gasteiger partial charge in [-0.25, -0.2) is 4.68 Å². The Morgan fingerprint density at radius 3 is 2.47 bits per heavy atom. The molecule has 3 aromatic rings. The number of hydrogen-bond donors (Lipinski definition) is 1. The largest absolute Gasteiger partial charge is 0.372 e. The van der Waals surface area contributed by atoms with E-state index in [9.17, 15) is 19.6 Å². The van der Waals surface area contributed by atoms with E-state index < -0.39 is 11.5 Å². The van der Waals surface area contributed by atoms with E-state index >= 15 is 0 Å². The molecule has 36 heavy (non-hydrogen) atoms. The summed E-state index contributed by atoms with van der Waals surface area (Å²) in [7, 11) is 0. The Bertz CT molecular complexity index is 1390. The summed E-state index contributed by atoms with van der Waals surface area (Å²) in [5, 5.41) is 17.0. The van der Waals surface area contributed by atoms with Crippen LogP contribution in [-0.2, 0) is 16.1 Å². The second-order valence-electron chi connectivity index (χ2n) is 8.65. The Morgan fingerprint density at radius 2 is 1.81 bits per heavy atom. The molecule has 184 valence electrons. The summed E-state index contributed by atoms with van der Waals surface area (Å²) < 4.78 is 6.74. The van der Waals surface area contributed by atoms with Crippen LogP contribution in [0.3, 0.4) is 0 Å². The van der Waals surface area contributed by atoms with Gasteiger partial charge < -0.3 is 15.0 Å². The average molecular weight is 506 g/mol. The lowest BCUT2D eigenvalue weighted by molar-refractivity contribution is -0.117. The van der Waals surface area contributed by atoms with Gasteiger partial charge in [-0.15, -0.1) is 0 Å². The van der Waals surface area contributed by atoms with E-state index in [-0.39, 0.29) is 41.5 Å². The first-order chi connectivity index (χ1) is 17.2. The monoisotopic (exact) mass is 505 g/mol. The number of amides is 2. The molecule has 0 spiro atoms. The van der Waals surface area contributed by atoms with Gasteiger partial charge in [-0.05, 0) is 50.2 Å². The summed E-state index contributed by atoms with van der Waals surface area (Å²) in [4.78, 5) is 39.9. The van der Waals surface area contributed by atoms with Gasteiger partial charge in [-0.2, -0.15) is 10.4 Å². The van der Waals surface area contributed by atoms with Crippen LogP contribution < -0.4 is 10.9 Å². The lowest BCUT2D eigenvalue weighted by atomic mass is 10.1. The molecule has 4 rings (SSSR count). The van der Waals surface area contributed by atoms with Crippen molar-refractivity contribution in [1.82, 2.24) is 14.7 Å². The van der Waals surface area contributed by atoms with E-state index in [1.807, 2.05) is 19.9 Å². The first-order valence-corrected chi connectivity index (χ1v) is 11.7. The Labute approximate surface area is 212 Å². The van der Waals surface area contributed by atoms with Gasteiger partial charge in [0.05, 0.1) is 29.5 Å². The van der Waals surface area contributed by atoms with E-state index in [1.165, 1.54) is 24.3 Å². The Balaban J connectivity index is 1.52. The number of ether oxygens (including phenoxy) is 1. The van der Waals surface area contributed by atoms with Crippen LogP contribution in [0.15, 0.2) is 59.4 Å². The van der Waals surface area contributed by atoms with Crippen LogP contribution in [0.2, 0.25) is 5.02 Å². The fraction of sp³-hybridized carbons (Fsp3) is 0.269. The molecule has 2 heterocycles. The van der Waals surface area contributed by atoms with E-state index in [2.05, 4.69) is 10.4 Å². The van der Waals surface area contributed by atoms with Crippen LogP contribution in [0.1, 0.15) is 29.8 Å². The molecule has 2 aromatic carbocycles. The third-order valence-corrected chi connectivity index (χ3v) is 5.85. The first kappa shape index (κ1) is 25.1. The summed E-state index contributed by atoms with van der Waals surface area (Å²) in [5.74, 6) is -0.780. The van der Waals surface area contributed by atoms with Crippen molar-refractivity contribution >= 4 is 29.1 Å². The molecule has 1 aliphatic rings. The molecule has 1 aliphatic heterocycles. The number of anilines is 1. The standard InChI is InChI=1S/C26H24ClN5O4/c1-16-13-31(14-17(2)36-16)26(35)20-9-18(12-28)10-22(11-20)29-24(33)15-32-25(34)8-7-23(30-32)19-3-5-21(27)6-4-19/h3-11,16-17H,13-15H2,1-2H3,(H,29,33)/t16-,17-/m1/s1. The molecule has 1 fully saturated rings. The molecule has 0 radical (unpaired) electrons. The van der Waals surface area contributed by atoms with Crippen LogP contribution in [0.25, 0.3) is 11.3 Å². The minimum absolute atomic E-state index is 0.106. The number of hydrogen-bond acceptors (Lipinski definition) is 6. The van der Waals surface area contributed by atoms with Crippen molar-refractivity contribution in [3.63, 3.8) is 0 Å². The Hall–Kier alpha value is -4.00. The zero-order valence-corrected chi connectivity index (χ0v) is 20.5. The molecule has 0 bridgehead atoms. The smallest absolute Gasteiger partial charge is 0.267 e. The summed E-state index contributed by atoms with van der Waals surface area (Å²) in [6.07, 6.45) is -0.212. The molecule has 0 unspecified atom stereocenters. The zero-order chi connectivity index (χ0) is 25.8. The van der Waals surface area contributed by atoms with Gasteiger partial charge in [0.15, 0.2) is 0 Å². The normalized spacial score (nSPS) is 17.3. The highest BCUT2D eigenvalue weighted by molar-refractivity contribution is 6.30. The quantitative estimate of drug-likeness (QED) is 0.568. The highest BCUT2D eigenvalue weighted by Gasteiger charge is 2.27. The maximum absolute atomic E-state index is 13.1. The number of nitrogens with zero attached hydrogens (tertiary/aromatic N) is 4. The molecule has 1 aromatic heterocycles. The predicted molar refractivity (Wildman–Crippen MR) is 135 cm³/mol. The van der Waals surface area contributed by atoms with Gasteiger partial charge in [0.25, 0.3) is 11.5 Å². The molecule has 1 saturated heterocycles. The minimum atomic E-state index is -0.528. The molecule has 2 atom stereocenters. The van der Waals surface area contributed by atoms with E-state index in [1.54, 1.807) is 35.2 Å². The summed E-state index contributed by atoms with van der Waals surface area (Å²) in [5.41, 5.74) is 1.59. The summed E-state index contributed by atoms with van der Waals surface area (Å²) >= 11 is 5.93. The predicted octanol–water partition coefficient (Wildman–Crippen LogP) is 3.32. The van der Waals surface area contributed by atoms with Crippen molar-refractivity contribution < 1.29 is 14.3 Å². The lowest BCUT2D eigenvalue weighted by Crippen LogP contribution is -2.48. The molecule has 9 nitrogen and oxygen atoms in total. The molecule has 10 heteroatoms. The number of morpholine rings is 1. The van der Waals surface area contributed by atoms with Crippen LogP contribution in [0.4, 0.5) is 5.69 Å². The van der Waals surface area contributed by atoms with Crippen LogP contribution in [0, 0.1) is 11.3 Å². The number of carbonyl (C=O) groups is 2. The van der Waals surface area contributed by atoms with Gasteiger partial charge >= 0.3 is 0 Å². The van der Waals surface area contributed by atoms with Crippen molar-refractivity contribution in [1.29, 1.82) is 5.26 Å². The zero-order valence-electron chi connectivity index (χ0n) is 19.8. The van der Waals surface area contributed by atoms with Crippen molar-refractivity contribution in [3.05, 3.63) is 81.1 Å². The summed E-state index contributed by atoms with van der Waals surface area (Å²) in [6, 6.07) is 16.4. The molecule has 1 N–H and O–H groups in total. The number of nitrogens with one attached hydrogen (secondary N) is 1. The van der Waals surface area contributed by atoms with E-state index in [0.717, 1.165) is 10.2 Å². The number of benzene rings is 2. The van der Waals surface area contributed by atoms with E-state index in [4.69, 9.17) is 16.3 Å². The Kier molecular flexibility index (Phi) is 7.48. The van der Waals surface area contributed by atoms with Crippen molar-refractivity contribution in [2.75, 3.05) is 18.4 Å². The Morgan fingerprint density at radius 1 is 1.11 bits per heavy atom. The average Bonchev–Trinajstić information content (AvgIpc) is 2.84. The maximum Gasteiger partial charge on any atom is 0.267 e. The van der Waals surface area contributed by atoms with Crippen molar-refractivity contribution in [2.45, 2.75) is 32.6 Å². The van der Waals surface area contributed by atoms with Gasteiger partial charge in [-0.1, -0.05) is 23.7 Å². The topological polar surface area (TPSA) is 117 Å². The van der Waals surface area contributed by atoms with Gasteiger partial charge in [0.1, 0.15) is 6.54 Å². The van der Waals surface area contributed by atoms with Crippen LogP contribution in [-0.4, -0.2) is 51.8 Å². The fourth-order valence-corrected chi connectivity index (χ4v) is 4.21. The van der Waals surface area contributed by atoms with E-state index in [0.29, 0.717) is 23.8 Å². The number of aromatic nitrogens is 2. The molecule has 2 amide bonds. The summed E-state index contributed by atoms with van der Waals surface area (Å²) in [6.45, 7) is 4.30. The molecular weight excluding hydrogens is 482 g/mol. The SMILES string of the molecule is C[C@@H]1CN(C(=O)c2cc(C#N)cc(NC(=O)Cn3nc(-c4ccc(Cl)cc4)ccc3=O)c2)C[C@@H](C)O1. The number of carbonyl (C=O) groups excluding carboxylic acids is 2. The number of rotatable bonds is 5. The first-order valence-electron chi connectivity index (χ1n) is 11.4. The number of halogens is 1. The number of nitriles is 1. The van der Waals surface area contributed by atoms with Gasteiger partial charge in [0.2, 0.25) is 5.91 Å². The third kappa shape index (κ3) is 5.97. The third-order valence-electron chi connectivity index (χ3n) is 5.60. The molecular formula is C26H24ClN5O4. The molecule has 0 aliphatic carbocycles. The minimum Gasteiger partial charge on any atom is -0.372 e. The fourth-order valence-electron chi connectivity index (χ4n) is 4.09.